The largest absolute Gasteiger partial charge is 0.481 e. The summed E-state index contributed by atoms with van der Waals surface area (Å²) in [6, 6.07) is 14.0. The van der Waals surface area contributed by atoms with Crippen LogP contribution in [0.3, 0.4) is 0 Å². The van der Waals surface area contributed by atoms with Crippen LogP contribution in [0.2, 0.25) is 10.0 Å². The van der Waals surface area contributed by atoms with Gasteiger partial charge in [0.2, 0.25) is 15.9 Å². The normalized spacial score (nSPS) is 25.5. The van der Waals surface area contributed by atoms with Gasteiger partial charge in [-0.05, 0) is 100.0 Å². The lowest BCUT2D eigenvalue weighted by molar-refractivity contribution is -0.163. The zero-order valence-corrected chi connectivity index (χ0v) is 27.8. The highest BCUT2D eigenvalue weighted by molar-refractivity contribution is 7.90. The van der Waals surface area contributed by atoms with Gasteiger partial charge in [0, 0.05) is 35.6 Å². The maximum Gasteiger partial charge on any atom is 0.304 e. The van der Waals surface area contributed by atoms with E-state index in [2.05, 4.69) is 4.90 Å². The van der Waals surface area contributed by atoms with E-state index in [1.165, 1.54) is 4.31 Å². The smallest absolute Gasteiger partial charge is 0.304 e. The molecule has 4 atom stereocenters. The number of amides is 1. The first-order valence-electron chi connectivity index (χ1n) is 15.7. The Kier molecular flexibility index (Phi) is 10.3. The van der Waals surface area contributed by atoms with E-state index in [1.807, 2.05) is 42.2 Å². The van der Waals surface area contributed by atoms with Gasteiger partial charge in [0.25, 0.3) is 0 Å². The van der Waals surface area contributed by atoms with Gasteiger partial charge in [0.1, 0.15) is 0 Å². The Bertz CT molecular complexity index is 1450. The third-order valence-electron chi connectivity index (χ3n) is 9.78. The third-order valence-corrected chi connectivity index (χ3v) is 12.6. The van der Waals surface area contributed by atoms with Crippen LogP contribution in [0, 0.1) is 5.41 Å². The second-order valence-electron chi connectivity index (χ2n) is 12.8. The van der Waals surface area contributed by atoms with Gasteiger partial charge < -0.3 is 14.9 Å². The molecule has 0 aromatic heterocycles. The first-order chi connectivity index (χ1) is 20.9. The Hall–Kier alpha value is -2.17. The molecule has 0 bridgehead atoms. The fourth-order valence-corrected chi connectivity index (χ4v) is 9.19. The summed E-state index contributed by atoms with van der Waals surface area (Å²) in [5.74, 6) is -1.53. The Balaban J connectivity index is 1.65. The van der Waals surface area contributed by atoms with Crippen molar-refractivity contribution in [3.05, 3.63) is 69.7 Å². The van der Waals surface area contributed by atoms with Crippen LogP contribution in [-0.4, -0.2) is 84.0 Å². The van der Waals surface area contributed by atoms with Gasteiger partial charge in [0.15, 0.2) is 0 Å². The molecule has 8 nitrogen and oxygen atoms in total. The SMILES string of the molecule is CCC(CN(C)S(=O)(=O)C1CC1)N1C(=O)C(CCN2CCCC2)(CC(=O)O)CC(c2cccc(Cl)c2)C1c1ccc(Cl)cc1. The van der Waals surface area contributed by atoms with Crippen LogP contribution in [-0.2, 0) is 19.6 Å². The minimum Gasteiger partial charge on any atom is -0.481 e. The summed E-state index contributed by atoms with van der Waals surface area (Å²) >= 11 is 12.8. The van der Waals surface area contributed by atoms with Crippen LogP contribution in [0.5, 0.6) is 0 Å². The summed E-state index contributed by atoms with van der Waals surface area (Å²) in [4.78, 5) is 31.8. The minimum atomic E-state index is -3.50. The molecule has 2 aromatic carbocycles. The molecular formula is C33H43Cl2N3O5S. The second kappa shape index (κ2) is 13.7. The van der Waals surface area contributed by atoms with E-state index in [1.54, 1.807) is 25.2 Å². The van der Waals surface area contributed by atoms with Crippen molar-refractivity contribution in [1.29, 1.82) is 0 Å². The molecule has 11 heteroatoms. The quantitative estimate of drug-likeness (QED) is 0.274. The molecule has 3 fully saturated rings. The van der Waals surface area contributed by atoms with Crippen LogP contribution in [0.25, 0.3) is 0 Å². The molecule has 0 spiro atoms. The van der Waals surface area contributed by atoms with E-state index in [0.717, 1.165) is 37.1 Å². The number of likely N-dealkylation sites (tertiary alicyclic amines) is 2. The lowest BCUT2D eigenvalue weighted by Crippen LogP contribution is -2.59. The van der Waals surface area contributed by atoms with Gasteiger partial charge >= 0.3 is 5.97 Å². The fraction of sp³-hybridized carbons (Fsp3) is 0.576. The molecule has 2 aromatic rings. The van der Waals surface area contributed by atoms with E-state index in [0.29, 0.717) is 48.7 Å². The first-order valence-corrected chi connectivity index (χ1v) is 17.9. The zero-order chi connectivity index (χ0) is 31.6. The van der Waals surface area contributed by atoms with Crippen molar-refractivity contribution in [2.45, 2.75) is 81.5 Å². The number of carboxylic acid groups (broad SMARTS) is 1. The van der Waals surface area contributed by atoms with Gasteiger partial charge in [-0.3, -0.25) is 9.59 Å². The number of rotatable bonds is 13. The average molecular weight is 665 g/mol. The summed E-state index contributed by atoms with van der Waals surface area (Å²) in [5, 5.41) is 11.0. The maximum atomic E-state index is 15.1. The standard InChI is InChI=1S/C33H43Cl2N3O5S/c1-3-27(22-36(2)44(42,43)28-13-14-28)38-31(23-9-11-25(34)12-10-23)29(24-7-6-8-26(35)19-24)20-33(32(38)41,21-30(39)40)15-18-37-16-4-5-17-37/h6-12,19,27-29,31H,3-5,13-18,20-22H2,1-2H3,(H,39,40). The Morgan fingerprint density at radius 1 is 1.07 bits per heavy atom. The van der Waals surface area contributed by atoms with Crippen LogP contribution in [0.15, 0.2) is 48.5 Å². The van der Waals surface area contributed by atoms with Crippen molar-refractivity contribution in [3.63, 3.8) is 0 Å². The second-order valence-corrected chi connectivity index (χ2v) is 16.0. The van der Waals surface area contributed by atoms with Crippen molar-refractivity contribution in [1.82, 2.24) is 14.1 Å². The van der Waals surface area contributed by atoms with Gasteiger partial charge in [-0.2, -0.15) is 0 Å². The van der Waals surface area contributed by atoms with Crippen LogP contribution in [0.4, 0.5) is 0 Å². The van der Waals surface area contributed by atoms with Gasteiger partial charge in [-0.25, -0.2) is 12.7 Å². The predicted octanol–water partition coefficient (Wildman–Crippen LogP) is 6.20. The van der Waals surface area contributed by atoms with Crippen molar-refractivity contribution in [2.75, 3.05) is 33.2 Å². The number of likely N-dealkylation sites (N-methyl/N-ethyl adjacent to an activating group) is 1. The number of hydrogen-bond donors (Lipinski definition) is 1. The monoisotopic (exact) mass is 663 g/mol. The summed E-state index contributed by atoms with van der Waals surface area (Å²) in [5.41, 5.74) is 0.605. The number of carbonyl (C=O) groups is 2. The average Bonchev–Trinajstić information content (AvgIpc) is 3.73. The van der Waals surface area contributed by atoms with E-state index in [4.69, 9.17) is 23.2 Å². The number of carboxylic acids is 1. The highest BCUT2D eigenvalue weighted by Crippen LogP contribution is 2.54. The predicted molar refractivity (Wildman–Crippen MR) is 173 cm³/mol. The summed E-state index contributed by atoms with van der Waals surface area (Å²) < 4.78 is 27.9. The molecule has 5 rings (SSSR count). The Morgan fingerprint density at radius 2 is 1.75 bits per heavy atom. The fourth-order valence-electron chi connectivity index (χ4n) is 7.24. The first kappa shape index (κ1) is 33.2. The highest BCUT2D eigenvalue weighted by atomic mass is 35.5. The third kappa shape index (κ3) is 7.12. The van der Waals surface area contributed by atoms with E-state index in [9.17, 15) is 18.3 Å². The van der Waals surface area contributed by atoms with E-state index in [-0.39, 0.29) is 30.0 Å². The van der Waals surface area contributed by atoms with Crippen LogP contribution < -0.4 is 0 Å². The molecule has 240 valence electrons. The minimum absolute atomic E-state index is 0.128. The number of benzene rings is 2. The molecular weight excluding hydrogens is 621 g/mol. The molecule has 3 aliphatic rings. The lowest BCUT2D eigenvalue weighted by Gasteiger charge is -2.53. The van der Waals surface area contributed by atoms with Gasteiger partial charge in [-0.15, -0.1) is 0 Å². The zero-order valence-electron chi connectivity index (χ0n) is 25.5. The number of carbonyl (C=O) groups excluding carboxylic acids is 1. The Labute approximate surface area is 271 Å². The molecule has 1 aliphatic carbocycles. The maximum absolute atomic E-state index is 15.1. The topological polar surface area (TPSA) is 98.2 Å². The number of hydrogen-bond acceptors (Lipinski definition) is 5. The summed E-state index contributed by atoms with van der Waals surface area (Å²) in [6.45, 7) is 4.60. The van der Waals surface area contributed by atoms with E-state index < -0.39 is 33.5 Å². The molecule has 2 aliphatic heterocycles. The van der Waals surface area contributed by atoms with Crippen molar-refractivity contribution < 1.29 is 23.1 Å². The van der Waals surface area contributed by atoms with E-state index >= 15 is 4.79 Å². The van der Waals surface area contributed by atoms with Crippen molar-refractivity contribution >= 4 is 45.1 Å². The summed E-state index contributed by atoms with van der Waals surface area (Å²) in [6.07, 6.45) is 4.42. The number of aliphatic carboxylic acids is 1. The van der Waals surface area contributed by atoms with Crippen molar-refractivity contribution in [3.8, 4) is 0 Å². The molecule has 1 N–H and O–H groups in total. The molecule has 1 amide bonds. The highest BCUT2D eigenvalue weighted by Gasteiger charge is 2.55. The lowest BCUT2D eigenvalue weighted by atomic mass is 9.64. The molecule has 2 heterocycles. The molecule has 0 radical (unpaired) electrons. The van der Waals surface area contributed by atoms with Gasteiger partial charge in [-0.1, -0.05) is 54.4 Å². The molecule has 44 heavy (non-hydrogen) atoms. The molecule has 4 unspecified atom stereocenters. The summed E-state index contributed by atoms with van der Waals surface area (Å²) in [7, 11) is -1.90. The Morgan fingerprint density at radius 3 is 2.34 bits per heavy atom. The number of piperidine rings is 1. The molecule has 2 saturated heterocycles. The molecule has 1 saturated carbocycles. The number of halogens is 2. The van der Waals surface area contributed by atoms with Crippen molar-refractivity contribution in [2.24, 2.45) is 5.41 Å². The van der Waals surface area contributed by atoms with Crippen LogP contribution >= 0.6 is 23.2 Å². The number of nitrogens with zero attached hydrogens (tertiary/aromatic N) is 3. The van der Waals surface area contributed by atoms with Crippen LogP contribution in [0.1, 0.15) is 81.4 Å². The van der Waals surface area contributed by atoms with Gasteiger partial charge in [0.05, 0.1) is 23.1 Å². The number of sulfonamides is 1.